The van der Waals surface area contributed by atoms with E-state index in [1.54, 1.807) is 22.2 Å². The number of alkyl carbamates (subject to hydrolysis) is 2. The first-order valence-electron chi connectivity index (χ1n) is 22.5. The van der Waals surface area contributed by atoms with Crippen molar-refractivity contribution in [2.45, 2.75) is 83.8 Å². The minimum Gasteiger partial charge on any atom is -0.465 e. The number of aromatic nitrogens is 5. The fourth-order valence-electron chi connectivity index (χ4n) is 9.62. The Morgan fingerprint density at radius 1 is 0.742 bits per heavy atom. The van der Waals surface area contributed by atoms with E-state index < -0.39 is 36.3 Å². The van der Waals surface area contributed by atoms with E-state index in [-0.39, 0.29) is 35.7 Å². The number of benzene rings is 3. The van der Waals surface area contributed by atoms with Crippen molar-refractivity contribution in [2.24, 2.45) is 11.8 Å². The van der Waals surface area contributed by atoms with Crippen LogP contribution in [0.4, 0.5) is 14.0 Å². The number of rotatable bonds is 11. The van der Waals surface area contributed by atoms with E-state index in [9.17, 15) is 19.2 Å². The van der Waals surface area contributed by atoms with Gasteiger partial charge in [-0.2, -0.15) is 0 Å². The van der Waals surface area contributed by atoms with Gasteiger partial charge in [0.05, 0.1) is 61.3 Å². The fourth-order valence-corrected chi connectivity index (χ4v) is 9.62. The largest absolute Gasteiger partial charge is 0.465 e. The van der Waals surface area contributed by atoms with Gasteiger partial charge < -0.3 is 44.6 Å². The fraction of sp³-hybridized carbons (Fsp3) is 0.388. The maximum absolute atomic E-state index is 17.3. The molecule has 0 spiro atoms. The smallest absolute Gasteiger partial charge is 0.407 e. The molecule has 3 aliphatic heterocycles. The van der Waals surface area contributed by atoms with E-state index >= 15 is 4.39 Å². The molecular weight excluding hydrogens is 846 g/mol. The number of aromatic amines is 2. The van der Waals surface area contributed by atoms with Crippen LogP contribution in [0.3, 0.4) is 0 Å². The third-order valence-electron chi connectivity index (χ3n) is 13.0. The zero-order chi connectivity index (χ0) is 46.4. The van der Waals surface area contributed by atoms with Crippen LogP contribution in [0.5, 0.6) is 5.75 Å². The van der Waals surface area contributed by atoms with Crippen LogP contribution in [0, 0.1) is 17.7 Å². The minimum atomic E-state index is -0.757. The monoisotopic (exact) mass is 899 g/mol. The van der Waals surface area contributed by atoms with Crippen molar-refractivity contribution in [3.63, 3.8) is 0 Å². The predicted octanol–water partition coefficient (Wildman–Crippen LogP) is 8.26. The molecule has 0 unspecified atom stereocenters. The predicted molar refractivity (Wildman–Crippen MR) is 243 cm³/mol. The van der Waals surface area contributed by atoms with Gasteiger partial charge in [-0.3, -0.25) is 14.2 Å². The first kappa shape index (κ1) is 44.1. The van der Waals surface area contributed by atoms with E-state index in [1.165, 1.54) is 14.2 Å². The Labute approximate surface area is 381 Å². The molecule has 6 aromatic rings. The molecule has 0 radical (unpaired) electrons. The summed E-state index contributed by atoms with van der Waals surface area (Å²) < 4.78 is 35.6. The molecule has 4 amide bonds. The number of hydrogen-bond acceptors (Lipinski definition) is 9. The number of nitrogens with one attached hydrogen (secondary N) is 4. The van der Waals surface area contributed by atoms with Gasteiger partial charge in [0.25, 0.3) is 0 Å². The molecule has 4 N–H and O–H groups in total. The summed E-state index contributed by atoms with van der Waals surface area (Å²) in [5.41, 5.74) is 5.33. The SMILES string of the molecule is COC(=O)N[C@H](C(=O)N1CCC[C@H]1c1ncc(-c2ccc3c(c2)O[C@@H](c2ccccc2)n2c-3c(F)c3cc(-c4cnc([C@@H]5CCCN5C(=O)[C@@H](NC(=O)OC)C(C)C)[nH]4)ccc32)[nH]1)C(C)C. The van der Waals surface area contributed by atoms with Crippen molar-refractivity contribution in [1.29, 1.82) is 0 Å². The van der Waals surface area contributed by atoms with Gasteiger partial charge in [-0.25, -0.2) is 23.9 Å². The number of carbonyl (C=O) groups excluding carboxylic acids is 4. The van der Waals surface area contributed by atoms with Crippen LogP contribution in [0.2, 0.25) is 0 Å². The summed E-state index contributed by atoms with van der Waals surface area (Å²) in [4.78, 5) is 71.6. The Hall–Kier alpha value is -7.17. The lowest BCUT2D eigenvalue weighted by Gasteiger charge is -2.30. The summed E-state index contributed by atoms with van der Waals surface area (Å²) in [5.74, 6) is 0.619. The third-order valence-corrected chi connectivity index (χ3v) is 13.0. The highest BCUT2D eigenvalue weighted by molar-refractivity contribution is 5.93. The Balaban J connectivity index is 1.02. The molecule has 16 nitrogen and oxygen atoms in total. The zero-order valence-corrected chi connectivity index (χ0v) is 37.8. The lowest BCUT2D eigenvalue weighted by Crippen LogP contribution is -2.51. The highest BCUT2D eigenvalue weighted by atomic mass is 19.1. The standard InChI is InChI=1S/C49H54FN9O7/c1-26(2)40(55-48(62)64-5)45(60)57-20-10-14-36(57)43-51-24-33(53-43)29-17-19-35-32(22-29)39(50)42-31-18-16-30(23-38(31)66-47(59(35)42)28-12-8-7-9-13-28)34-25-52-44(54-34)37-15-11-21-58(37)46(61)41(27(3)4)56-49(63)65-6/h7-9,12-13,16-19,22-27,36-37,40-41,47H,10-11,14-15,20-21H2,1-6H3,(H,51,53)(H,52,54)(H,55,62)(H,56,63)/t36-,37-,40-,41-,47-/m0/s1. The molecule has 3 aromatic carbocycles. The van der Waals surface area contributed by atoms with Crippen LogP contribution in [0.25, 0.3) is 44.7 Å². The minimum absolute atomic E-state index is 0.160. The molecule has 66 heavy (non-hydrogen) atoms. The molecular formula is C49H54FN9O7. The van der Waals surface area contributed by atoms with E-state index in [4.69, 9.17) is 24.2 Å². The number of carbonyl (C=O) groups is 4. The second kappa shape index (κ2) is 18.0. The maximum atomic E-state index is 17.3. The van der Waals surface area contributed by atoms with Gasteiger partial charge >= 0.3 is 12.2 Å². The number of likely N-dealkylation sites (tertiary alicyclic amines) is 2. The van der Waals surface area contributed by atoms with Crippen molar-refractivity contribution in [3.8, 4) is 39.5 Å². The van der Waals surface area contributed by atoms with E-state index in [2.05, 4.69) is 20.6 Å². The molecule has 2 fully saturated rings. The molecule has 0 bridgehead atoms. The number of imidazole rings is 2. The van der Waals surface area contributed by atoms with E-state index in [1.807, 2.05) is 99.0 Å². The Kier molecular flexibility index (Phi) is 12.0. The van der Waals surface area contributed by atoms with Gasteiger partial charge in [0.15, 0.2) is 5.82 Å². The van der Waals surface area contributed by atoms with E-state index in [0.717, 1.165) is 29.5 Å². The first-order valence-corrected chi connectivity index (χ1v) is 22.5. The van der Waals surface area contributed by atoms with Crippen LogP contribution in [0.1, 0.15) is 88.9 Å². The summed E-state index contributed by atoms with van der Waals surface area (Å²) in [6, 6.07) is 18.8. The molecule has 3 aromatic heterocycles. The van der Waals surface area contributed by atoms with Crippen LogP contribution in [-0.2, 0) is 19.1 Å². The van der Waals surface area contributed by atoms with Crippen molar-refractivity contribution in [1.82, 2.24) is 44.9 Å². The van der Waals surface area contributed by atoms with Crippen LogP contribution in [-0.4, -0.2) is 97.7 Å². The molecule has 0 aliphatic carbocycles. The van der Waals surface area contributed by atoms with Crippen molar-refractivity contribution in [3.05, 3.63) is 102 Å². The quantitative estimate of drug-likeness (QED) is 0.0993. The number of halogens is 1. The number of H-pyrrole nitrogens is 2. The average Bonchev–Trinajstić information content (AvgIpc) is 4.19. The summed E-state index contributed by atoms with van der Waals surface area (Å²) >= 11 is 0. The van der Waals surface area contributed by atoms with Gasteiger partial charge in [0.1, 0.15) is 29.5 Å². The van der Waals surface area contributed by atoms with Gasteiger partial charge in [-0.1, -0.05) is 70.2 Å². The highest BCUT2D eigenvalue weighted by Crippen LogP contribution is 2.48. The van der Waals surface area contributed by atoms with Crippen molar-refractivity contribution < 1.29 is 37.8 Å². The molecule has 6 heterocycles. The molecule has 17 heteroatoms. The van der Waals surface area contributed by atoms with Crippen LogP contribution in [0.15, 0.2) is 79.1 Å². The summed E-state index contributed by atoms with van der Waals surface area (Å²) in [5, 5.41) is 5.79. The van der Waals surface area contributed by atoms with Crippen molar-refractivity contribution in [2.75, 3.05) is 27.3 Å². The van der Waals surface area contributed by atoms with Crippen LogP contribution < -0.4 is 15.4 Å². The Bertz CT molecular complexity index is 2800. The zero-order valence-electron chi connectivity index (χ0n) is 37.8. The number of amides is 4. The maximum Gasteiger partial charge on any atom is 0.407 e. The third kappa shape index (κ3) is 8.00. The highest BCUT2D eigenvalue weighted by Gasteiger charge is 2.40. The second-order valence-corrected chi connectivity index (χ2v) is 17.8. The van der Waals surface area contributed by atoms with Gasteiger partial charge in [-0.05, 0) is 61.8 Å². The topological polar surface area (TPSA) is 189 Å². The van der Waals surface area contributed by atoms with Gasteiger partial charge in [-0.15, -0.1) is 0 Å². The normalized spacial score (nSPS) is 18.8. The first-order chi connectivity index (χ1) is 31.9. The molecule has 0 saturated carbocycles. The van der Waals surface area contributed by atoms with Gasteiger partial charge in [0, 0.05) is 40.7 Å². The Morgan fingerprint density at radius 2 is 1.27 bits per heavy atom. The van der Waals surface area contributed by atoms with Crippen LogP contribution >= 0.6 is 0 Å². The number of fused-ring (bicyclic) bond motifs is 5. The number of ether oxygens (including phenoxy) is 3. The molecule has 5 atom stereocenters. The molecule has 3 aliphatic rings. The molecule has 2 saturated heterocycles. The second-order valence-electron chi connectivity index (χ2n) is 17.8. The Morgan fingerprint density at radius 3 is 1.80 bits per heavy atom. The summed E-state index contributed by atoms with van der Waals surface area (Å²) in [6.07, 6.45) is 4.38. The summed E-state index contributed by atoms with van der Waals surface area (Å²) in [7, 11) is 2.54. The number of hydrogen-bond donors (Lipinski definition) is 4. The van der Waals surface area contributed by atoms with Gasteiger partial charge in [0.2, 0.25) is 18.0 Å². The molecule has 9 rings (SSSR count). The average molecular weight is 900 g/mol. The number of methoxy groups -OCH3 is 2. The summed E-state index contributed by atoms with van der Waals surface area (Å²) in [6.45, 7) is 8.56. The number of nitrogens with zero attached hydrogens (tertiary/aromatic N) is 5. The lowest BCUT2D eigenvalue weighted by molar-refractivity contribution is -0.136. The lowest BCUT2D eigenvalue weighted by atomic mass is 10.0. The van der Waals surface area contributed by atoms with Crippen molar-refractivity contribution >= 4 is 34.9 Å². The molecule has 344 valence electrons. The van der Waals surface area contributed by atoms with E-state index in [0.29, 0.717) is 76.9 Å².